The lowest BCUT2D eigenvalue weighted by atomic mass is 10.3. The van der Waals surface area contributed by atoms with E-state index in [4.69, 9.17) is 21.1 Å². The zero-order chi connectivity index (χ0) is 11.4. The maximum atomic E-state index is 5.99. The van der Waals surface area contributed by atoms with Crippen molar-refractivity contribution in [2.24, 2.45) is 0 Å². The van der Waals surface area contributed by atoms with E-state index in [2.05, 4.69) is 17.1 Å². The molecule has 1 aromatic rings. The maximum absolute atomic E-state index is 5.99. The van der Waals surface area contributed by atoms with E-state index in [1.165, 1.54) is 0 Å². The molecule has 6 heteroatoms. The Labute approximate surface area is 99.7 Å². The summed E-state index contributed by atoms with van der Waals surface area (Å²) in [5.74, 6) is 0.918. The van der Waals surface area contributed by atoms with E-state index in [9.17, 15) is 0 Å². The predicted molar refractivity (Wildman–Crippen MR) is 59.6 cm³/mol. The molecule has 0 saturated carbocycles. The van der Waals surface area contributed by atoms with E-state index >= 15 is 0 Å². The average Bonchev–Trinajstić information content (AvgIpc) is 2.64. The van der Waals surface area contributed by atoms with Crippen molar-refractivity contribution in [3.63, 3.8) is 0 Å². The summed E-state index contributed by atoms with van der Waals surface area (Å²) in [4.78, 5) is 0. The van der Waals surface area contributed by atoms with Crippen LogP contribution in [0.4, 0.5) is 0 Å². The Morgan fingerprint density at radius 1 is 1.44 bits per heavy atom. The first-order valence-electron chi connectivity index (χ1n) is 5.58. The molecule has 1 aromatic heterocycles. The second kappa shape index (κ2) is 5.61. The molecule has 0 aromatic carbocycles. The van der Waals surface area contributed by atoms with Gasteiger partial charge < -0.3 is 9.47 Å². The van der Waals surface area contributed by atoms with Crippen molar-refractivity contribution < 1.29 is 9.47 Å². The molecule has 16 heavy (non-hydrogen) atoms. The molecule has 0 amide bonds. The van der Waals surface area contributed by atoms with Gasteiger partial charge in [-0.1, -0.05) is 6.92 Å². The Hall–Kier alpha value is -0.650. The van der Waals surface area contributed by atoms with Gasteiger partial charge in [-0.05, 0) is 18.0 Å². The molecule has 5 nitrogen and oxygen atoms in total. The molecule has 2 rings (SSSR count). The summed E-state index contributed by atoms with van der Waals surface area (Å²) in [6.07, 6.45) is 1.96. The van der Waals surface area contributed by atoms with Gasteiger partial charge in [-0.15, -0.1) is 10.2 Å². The minimum atomic E-state index is 0.0536. The fraction of sp³-hybridized carbons (Fsp3) is 0.800. The summed E-state index contributed by atoms with van der Waals surface area (Å²) < 4.78 is 12.8. The lowest BCUT2D eigenvalue weighted by Crippen LogP contribution is -2.32. The first kappa shape index (κ1) is 11.8. The highest BCUT2D eigenvalue weighted by atomic mass is 35.5. The number of halogens is 1. The van der Waals surface area contributed by atoms with Crippen LogP contribution in [0.3, 0.4) is 0 Å². The highest BCUT2D eigenvalue weighted by Crippen LogP contribution is 2.13. The Bertz CT molecular complexity index is 337. The van der Waals surface area contributed by atoms with Gasteiger partial charge in [0.2, 0.25) is 5.28 Å². The first-order valence-corrected chi connectivity index (χ1v) is 5.96. The van der Waals surface area contributed by atoms with Gasteiger partial charge in [-0.3, -0.25) is 4.57 Å². The first-order chi connectivity index (χ1) is 7.81. The molecule has 0 spiro atoms. The van der Waals surface area contributed by atoms with Gasteiger partial charge in [-0.2, -0.15) is 0 Å². The van der Waals surface area contributed by atoms with Gasteiger partial charge in [-0.25, -0.2) is 0 Å². The molecular formula is C10H16ClN3O2. The van der Waals surface area contributed by atoms with Gasteiger partial charge in [0.1, 0.15) is 5.82 Å². The summed E-state index contributed by atoms with van der Waals surface area (Å²) in [6, 6.07) is 0. The summed E-state index contributed by atoms with van der Waals surface area (Å²) in [6.45, 7) is 4.70. The van der Waals surface area contributed by atoms with E-state index in [0.29, 0.717) is 31.6 Å². The molecule has 0 N–H and O–H groups in total. The van der Waals surface area contributed by atoms with Crippen LogP contribution in [-0.2, 0) is 22.4 Å². The van der Waals surface area contributed by atoms with Gasteiger partial charge in [0.05, 0.1) is 32.5 Å². The summed E-state index contributed by atoms with van der Waals surface area (Å²) in [7, 11) is 0. The van der Waals surface area contributed by atoms with E-state index in [0.717, 1.165) is 18.7 Å². The normalized spacial score (nSPS) is 21.2. The second-order valence-corrected chi connectivity index (χ2v) is 4.15. The molecule has 1 saturated heterocycles. The van der Waals surface area contributed by atoms with Crippen molar-refractivity contribution in [3.8, 4) is 0 Å². The van der Waals surface area contributed by atoms with Crippen LogP contribution in [0.1, 0.15) is 19.2 Å². The van der Waals surface area contributed by atoms with Crippen LogP contribution in [0.5, 0.6) is 0 Å². The van der Waals surface area contributed by atoms with Crippen molar-refractivity contribution >= 4 is 11.6 Å². The zero-order valence-electron chi connectivity index (χ0n) is 9.36. The van der Waals surface area contributed by atoms with Crippen LogP contribution in [0.25, 0.3) is 0 Å². The Morgan fingerprint density at radius 3 is 3.00 bits per heavy atom. The Balaban J connectivity index is 2.03. The molecule has 1 atom stereocenters. The van der Waals surface area contributed by atoms with Crippen molar-refractivity contribution in [1.82, 2.24) is 14.8 Å². The molecule has 1 fully saturated rings. The third-order valence-electron chi connectivity index (χ3n) is 2.53. The zero-order valence-corrected chi connectivity index (χ0v) is 10.1. The quantitative estimate of drug-likeness (QED) is 0.802. The molecule has 2 heterocycles. The third kappa shape index (κ3) is 2.72. The number of rotatable bonds is 4. The second-order valence-electron chi connectivity index (χ2n) is 3.81. The molecule has 90 valence electrons. The van der Waals surface area contributed by atoms with Crippen LogP contribution in [0.2, 0.25) is 5.28 Å². The highest BCUT2D eigenvalue weighted by Gasteiger charge is 2.18. The lowest BCUT2D eigenvalue weighted by Gasteiger charge is -2.23. The largest absolute Gasteiger partial charge is 0.376 e. The third-order valence-corrected chi connectivity index (χ3v) is 2.81. The maximum Gasteiger partial charge on any atom is 0.225 e. The van der Waals surface area contributed by atoms with Crippen molar-refractivity contribution in [1.29, 1.82) is 0 Å². The summed E-state index contributed by atoms with van der Waals surface area (Å²) in [5.41, 5.74) is 0. The van der Waals surface area contributed by atoms with E-state index in [1.54, 1.807) is 0 Å². The smallest absolute Gasteiger partial charge is 0.225 e. The van der Waals surface area contributed by atoms with Crippen molar-refractivity contribution in [2.45, 2.75) is 32.4 Å². The van der Waals surface area contributed by atoms with Crippen molar-refractivity contribution in [2.75, 3.05) is 19.8 Å². The number of ether oxygens (including phenoxy) is 2. The van der Waals surface area contributed by atoms with Crippen LogP contribution in [-0.4, -0.2) is 40.7 Å². The fourth-order valence-electron chi connectivity index (χ4n) is 1.75. The summed E-state index contributed by atoms with van der Waals surface area (Å²) >= 11 is 5.99. The highest BCUT2D eigenvalue weighted by molar-refractivity contribution is 6.28. The predicted octanol–water partition coefficient (Wildman–Crippen LogP) is 1.30. The van der Waals surface area contributed by atoms with Crippen molar-refractivity contribution in [3.05, 3.63) is 11.1 Å². The number of hydrogen-bond acceptors (Lipinski definition) is 4. The average molecular weight is 246 g/mol. The van der Waals surface area contributed by atoms with Gasteiger partial charge in [0.25, 0.3) is 0 Å². The molecule has 1 unspecified atom stereocenters. The van der Waals surface area contributed by atoms with E-state index in [-0.39, 0.29) is 6.10 Å². The molecular weight excluding hydrogens is 230 g/mol. The van der Waals surface area contributed by atoms with Gasteiger partial charge >= 0.3 is 0 Å². The topological polar surface area (TPSA) is 49.2 Å². The number of nitrogens with zero attached hydrogens (tertiary/aromatic N) is 3. The van der Waals surface area contributed by atoms with Crippen LogP contribution >= 0.6 is 11.6 Å². The lowest BCUT2D eigenvalue weighted by molar-refractivity contribution is -0.0938. The van der Waals surface area contributed by atoms with Gasteiger partial charge in [0.15, 0.2) is 0 Å². The number of aryl methyl sites for hydroxylation is 1. The van der Waals surface area contributed by atoms with Gasteiger partial charge in [0, 0.05) is 6.42 Å². The molecule has 1 aliphatic rings. The number of hydrogen-bond donors (Lipinski definition) is 0. The molecule has 0 aliphatic carbocycles. The molecule has 1 aliphatic heterocycles. The molecule has 0 radical (unpaired) electrons. The minimum Gasteiger partial charge on any atom is -0.376 e. The van der Waals surface area contributed by atoms with E-state index < -0.39 is 0 Å². The Kier molecular flexibility index (Phi) is 4.15. The summed E-state index contributed by atoms with van der Waals surface area (Å²) in [5, 5.41) is 8.37. The minimum absolute atomic E-state index is 0.0536. The monoisotopic (exact) mass is 245 g/mol. The SMILES string of the molecule is CCCc1nnc(Cl)n1CC1COCCO1. The number of aromatic nitrogens is 3. The molecule has 0 bridgehead atoms. The fourth-order valence-corrected chi connectivity index (χ4v) is 1.95. The van der Waals surface area contributed by atoms with E-state index in [1.807, 2.05) is 4.57 Å². The standard InChI is InChI=1S/C10H16ClN3O2/c1-2-3-9-12-13-10(11)14(9)6-8-7-15-4-5-16-8/h8H,2-7H2,1H3. The van der Waals surface area contributed by atoms with Crippen LogP contribution in [0, 0.1) is 0 Å². The van der Waals surface area contributed by atoms with Crippen LogP contribution in [0.15, 0.2) is 0 Å². The van der Waals surface area contributed by atoms with Crippen LogP contribution < -0.4 is 0 Å². The Morgan fingerprint density at radius 2 is 2.31 bits per heavy atom.